The molecule has 0 unspecified atom stereocenters. The van der Waals surface area contributed by atoms with Crippen LogP contribution in [0.5, 0.6) is 0 Å². The first-order valence-corrected chi connectivity index (χ1v) is 5.77. The molecule has 0 radical (unpaired) electrons. The van der Waals surface area contributed by atoms with Gasteiger partial charge in [-0.15, -0.1) is 0 Å². The zero-order valence-corrected chi connectivity index (χ0v) is 10.1. The third-order valence-corrected chi connectivity index (χ3v) is 2.27. The molecule has 0 saturated heterocycles. The van der Waals surface area contributed by atoms with E-state index in [1.165, 1.54) is 0 Å². The lowest BCUT2D eigenvalue weighted by Gasteiger charge is -2.05. The predicted octanol–water partition coefficient (Wildman–Crippen LogP) is 1.61. The zero-order chi connectivity index (χ0) is 12.1. The molecule has 2 rings (SSSR count). The molecule has 0 aliphatic rings. The number of aromatic amines is 1. The van der Waals surface area contributed by atoms with Crippen LogP contribution in [0.2, 0.25) is 0 Å². The fourth-order valence-electron chi connectivity index (χ4n) is 1.48. The van der Waals surface area contributed by atoms with Crippen LogP contribution in [0, 0.1) is 5.92 Å². The summed E-state index contributed by atoms with van der Waals surface area (Å²) in [6, 6.07) is 1.79. The second-order valence-corrected chi connectivity index (χ2v) is 4.35. The van der Waals surface area contributed by atoms with Crippen molar-refractivity contribution in [2.24, 2.45) is 5.92 Å². The van der Waals surface area contributed by atoms with Crippen LogP contribution in [0.25, 0.3) is 11.6 Å². The van der Waals surface area contributed by atoms with E-state index >= 15 is 0 Å². The first-order valence-electron chi connectivity index (χ1n) is 5.77. The highest BCUT2D eigenvalue weighted by Gasteiger charge is 2.05. The normalized spacial score (nSPS) is 11.0. The molecule has 2 N–H and O–H groups in total. The zero-order valence-electron chi connectivity index (χ0n) is 10.1. The Morgan fingerprint density at radius 2 is 2.00 bits per heavy atom. The highest BCUT2D eigenvalue weighted by molar-refractivity contribution is 5.42. The van der Waals surface area contributed by atoms with Gasteiger partial charge in [-0.2, -0.15) is 0 Å². The Hall–Kier alpha value is -1.75. The van der Waals surface area contributed by atoms with Gasteiger partial charge in [-0.1, -0.05) is 13.8 Å². The summed E-state index contributed by atoms with van der Waals surface area (Å²) in [5.41, 5.74) is 1.05. The number of imidazole rings is 1. The average molecular weight is 231 g/mol. The first-order chi connectivity index (χ1) is 8.25. The van der Waals surface area contributed by atoms with Crippen LogP contribution in [0.4, 0.5) is 0 Å². The quantitative estimate of drug-likeness (QED) is 0.820. The third-order valence-electron chi connectivity index (χ3n) is 2.27. The third kappa shape index (κ3) is 3.35. The molecule has 0 fully saturated rings. The summed E-state index contributed by atoms with van der Waals surface area (Å²) in [4.78, 5) is 15.8. The maximum Gasteiger partial charge on any atom is 0.195 e. The minimum atomic E-state index is 0.627. The number of rotatable bonds is 5. The second kappa shape index (κ2) is 5.54. The Morgan fingerprint density at radius 3 is 2.71 bits per heavy atom. The largest absolute Gasteiger partial charge is 0.338 e. The lowest BCUT2D eigenvalue weighted by atomic mass is 10.2. The molecule has 90 valence electrons. The van der Waals surface area contributed by atoms with Crippen LogP contribution < -0.4 is 5.32 Å². The van der Waals surface area contributed by atoms with E-state index in [4.69, 9.17) is 0 Å². The van der Waals surface area contributed by atoms with E-state index in [0.29, 0.717) is 17.6 Å². The Bertz CT molecular complexity index is 449. The predicted molar refractivity (Wildman–Crippen MR) is 66.2 cm³/mol. The summed E-state index contributed by atoms with van der Waals surface area (Å²) in [5, 5.41) is 3.35. The van der Waals surface area contributed by atoms with Gasteiger partial charge in [-0.25, -0.2) is 15.0 Å². The molecule has 5 heteroatoms. The average Bonchev–Trinajstić information content (AvgIpc) is 2.78. The van der Waals surface area contributed by atoms with Gasteiger partial charge in [-0.3, -0.25) is 0 Å². The van der Waals surface area contributed by atoms with Crippen molar-refractivity contribution in [3.8, 4) is 11.6 Å². The Balaban J connectivity index is 1.97. The number of nitrogens with zero attached hydrogens (tertiary/aromatic N) is 3. The number of nitrogens with one attached hydrogen (secondary N) is 2. The van der Waals surface area contributed by atoms with E-state index in [2.05, 4.69) is 39.1 Å². The topological polar surface area (TPSA) is 66.5 Å². The lowest BCUT2D eigenvalue weighted by molar-refractivity contribution is 0.549. The van der Waals surface area contributed by atoms with Crippen molar-refractivity contribution in [3.05, 3.63) is 30.4 Å². The number of hydrogen-bond acceptors (Lipinski definition) is 4. The SMILES string of the molecule is CC(C)CNCc1cnc(-c2ncccn2)[nH]1. The van der Waals surface area contributed by atoms with Crippen LogP contribution in [0.1, 0.15) is 19.5 Å². The molecule has 17 heavy (non-hydrogen) atoms. The van der Waals surface area contributed by atoms with Crippen LogP contribution in [0.3, 0.4) is 0 Å². The molecular formula is C12H17N5. The van der Waals surface area contributed by atoms with Crippen molar-refractivity contribution in [3.63, 3.8) is 0 Å². The molecule has 2 aromatic rings. The number of H-pyrrole nitrogens is 1. The summed E-state index contributed by atoms with van der Waals surface area (Å²) < 4.78 is 0. The molecule has 2 aromatic heterocycles. The monoisotopic (exact) mass is 231 g/mol. The maximum absolute atomic E-state index is 4.26. The minimum Gasteiger partial charge on any atom is -0.338 e. The van der Waals surface area contributed by atoms with Crippen molar-refractivity contribution in [1.82, 2.24) is 25.3 Å². The highest BCUT2D eigenvalue weighted by atomic mass is 15.0. The molecule has 0 bridgehead atoms. The maximum atomic E-state index is 4.26. The van der Waals surface area contributed by atoms with Gasteiger partial charge in [-0.05, 0) is 18.5 Å². The van der Waals surface area contributed by atoms with E-state index in [0.717, 1.165) is 18.8 Å². The van der Waals surface area contributed by atoms with Gasteiger partial charge < -0.3 is 10.3 Å². The van der Waals surface area contributed by atoms with Crippen molar-refractivity contribution in [2.45, 2.75) is 20.4 Å². The smallest absolute Gasteiger partial charge is 0.195 e. The van der Waals surface area contributed by atoms with Crippen molar-refractivity contribution in [1.29, 1.82) is 0 Å². The summed E-state index contributed by atoms with van der Waals surface area (Å²) >= 11 is 0. The van der Waals surface area contributed by atoms with Gasteiger partial charge in [0.25, 0.3) is 0 Å². The van der Waals surface area contributed by atoms with E-state index < -0.39 is 0 Å². The number of aromatic nitrogens is 4. The van der Waals surface area contributed by atoms with Crippen molar-refractivity contribution < 1.29 is 0 Å². The van der Waals surface area contributed by atoms with E-state index in [1.54, 1.807) is 18.5 Å². The summed E-state index contributed by atoms with van der Waals surface area (Å²) in [5.74, 6) is 1.99. The first kappa shape index (κ1) is 11.7. The Kier molecular flexibility index (Phi) is 3.82. The number of hydrogen-bond donors (Lipinski definition) is 2. The Labute approximate surface area is 101 Å². The van der Waals surface area contributed by atoms with E-state index in [1.807, 2.05) is 6.20 Å². The molecule has 0 aromatic carbocycles. The van der Waals surface area contributed by atoms with Gasteiger partial charge in [0.1, 0.15) is 0 Å². The summed E-state index contributed by atoms with van der Waals surface area (Å²) in [6.45, 7) is 6.15. The van der Waals surface area contributed by atoms with Gasteiger partial charge in [0.15, 0.2) is 11.6 Å². The van der Waals surface area contributed by atoms with Gasteiger partial charge in [0, 0.05) is 24.6 Å². The summed E-state index contributed by atoms with van der Waals surface area (Å²) in [6.07, 6.45) is 5.24. The van der Waals surface area contributed by atoms with Crippen LogP contribution in [0.15, 0.2) is 24.7 Å². The molecule has 2 heterocycles. The minimum absolute atomic E-state index is 0.627. The van der Waals surface area contributed by atoms with E-state index in [-0.39, 0.29) is 0 Å². The van der Waals surface area contributed by atoms with Gasteiger partial charge in [0.2, 0.25) is 0 Å². The fourth-order valence-corrected chi connectivity index (χ4v) is 1.48. The van der Waals surface area contributed by atoms with Crippen LogP contribution in [-0.2, 0) is 6.54 Å². The molecule has 0 aliphatic carbocycles. The second-order valence-electron chi connectivity index (χ2n) is 4.35. The van der Waals surface area contributed by atoms with Crippen LogP contribution in [-0.4, -0.2) is 26.5 Å². The van der Waals surface area contributed by atoms with Crippen LogP contribution >= 0.6 is 0 Å². The summed E-state index contributed by atoms with van der Waals surface area (Å²) in [7, 11) is 0. The Morgan fingerprint density at radius 1 is 1.24 bits per heavy atom. The molecule has 0 saturated carbocycles. The lowest BCUT2D eigenvalue weighted by Crippen LogP contribution is -2.19. The van der Waals surface area contributed by atoms with Crippen molar-refractivity contribution >= 4 is 0 Å². The molecule has 5 nitrogen and oxygen atoms in total. The van der Waals surface area contributed by atoms with Gasteiger partial charge >= 0.3 is 0 Å². The molecule has 0 spiro atoms. The highest BCUT2D eigenvalue weighted by Crippen LogP contribution is 2.08. The molecule has 0 amide bonds. The molecule has 0 atom stereocenters. The molecule has 0 aliphatic heterocycles. The van der Waals surface area contributed by atoms with E-state index in [9.17, 15) is 0 Å². The standard InChI is InChI=1S/C12H17N5/c1-9(2)6-13-7-10-8-16-12(17-10)11-14-4-3-5-15-11/h3-5,8-9,13H,6-7H2,1-2H3,(H,16,17). The van der Waals surface area contributed by atoms with Crippen molar-refractivity contribution in [2.75, 3.05) is 6.54 Å². The van der Waals surface area contributed by atoms with Gasteiger partial charge in [0.05, 0.1) is 6.20 Å². The fraction of sp³-hybridized carbons (Fsp3) is 0.417. The molecular weight excluding hydrogens is 214 g/mol.